The molecule has 0 saturated carbocycles. The van der Waals surface area contributed by atoms with Crippen molar-refractivity contribution < 1.29 is 14.3 Å². The van der Waals surface area contributed by atoms with E-state index in [2.05, 4.69) is 19.2 Å². The standard InChI is InChI=1S/C20H25NO3/c1-3-5-14-24-19-12-7-6-11-18(19)20(22)21-16-9-8-10-17(15-16)23-13-4-2/h6-12,15H,3-5,13-14H2,1-2H3,(H,21,22). The highest BCUT2D eigenvalue weighted by atomic mass is 16.5. The van der Waals surface area contributed by atoms with Gasteiger partial charge >= 0.3 is 0 Å². The van der Waals surface area contributed by atoms with Gasteiger partial charge in [0, 0.05) is 11.8 Å². The molecule has 0 heterocycles. The minimum absolute atomic E-state index is 0.185. The molecule has 0 bridgehead atoms. The highest BCUT2D eigenvalue weighted by Crippen LogP contribution is 2.22. The van der Waals surface area contributed by atoms with Crippen LogP contribution in [0.4, 0.5) is 5.69 Å². The van der Waals surface area contributed by atoms with Crippen molar-refractivity contribution >= 4 is 11.6 Å². The average molecular weight is 327 g/mol. The lowest BCUT2D eigenvalue weighted by Gasteiger charge is -2.12. The third-order valence-corrected chi connectivity index (χ3v) is 3.45. The molecule has 0 atom stereocenters. The SMILES string of the molecule is CCCCOc1ccccc1C(=O)Nc1cccc(OCCC)c1. The Labute approximate surface area is 143 Å². The van der Waals surface area contributed by atoms with Gasteiger partial charge in [0.25, 0.3) is 5.91 Å². The first kappa shape index (κ1) is 17.9. The second-order valence-electron chi connectivity index (χ2n) is 5.53. The Morgan fingerprint density at radius 1 is 0.958 bits per heavy atom. The van der Waals surface area contributed by atoms with Crippen LogP contribution < -0.4 is 14.8 Å². The van der Waals surface area contributed by atoms with Crippen LogP contribution in [0.5, 0.6) is 11.5 Å². The van der Waals surface area contributed by atoms with Crippen LogP contribution in [-0.2, 0) is 0 Å². The van der Waals surface area contributed by atoms with Crippen molar-refractivity contribution in [2.45, 2.75) is 33.1 Å². The second-order valence-corrected chi connectivity index (χ2v) is 5.53. The van der Waals surface area contributed by atoms with Crippen molar-refractivity contribution in [2.75, 3.05) is 18.5 Å². The lowest BCUT2D eigenvalue weighted by atomic mass is 10.2. The van der Waals surface area contributed by atoms with Gasteiger partial charge in [0.15, 0.2) is 0 Å². The first-order valence-corrected chi connectivity index (χ1v) is 8.50. The van der Waals surface area contributed by atoms with Crippen LogP contribution in [0.3, 0.4) is 0 Å². The van der Waals surface area contributed by atoms with Crippen molar-refractivity contribution in [3.63, 3.8) is 0 Å². The van der Waals surface area contributed by atoms with Crippen molar-refractivity contribution in [1.29, 1.82) is 0 Å². The Kier molecular flexibility index (Phi) is 7.15. The summed E-state index contributed by atoms with van der Waals surface area (Å²) in [6.45, 7) is 5.43. The number of hydrogen-bond acceptors (Lipinski definition) is 3. The molecule has 0 saturated heterocycles. The molecule has 2 rings (SSSR count). The zero-order valence-electron chi connectivity index (χ0n) is 14.4. The van der Waals surface area contributed by atoms with E-state index in [0.29, 0.717) is 30.2 Å². The van der Waals surface area contributed by atoms with E-state index in [1.54, 1.807) is 6.07 Å². The molecule has 1 amide bonds. The van der Waals surface area contributed by atoms with Gasteiger partial charge in [-0.25, -0.2) is 0 Å². The van der Waals surface area contributed by atoms with Crippen molar-refractivity contribution in [3.8, 4) is 11.5 Å². The minimum atomic E-state index is -0.185. The number of hydrogen-bond donors (Lipinski definition) is 1. The Bertz CT molecular complexity index is 655. The summed E-state index contributed by atoms with van der Waals surface area (Å²) >= 11 is 0. The summed E-state index contributed by atoms with van der Waals surface area (Å²) in [6, 6.07) is 14.7. The van der Waals surface area contributed by atoms with Crippen LogP contribution in [0.1, 0.15) is 43.5 Å². The molecule has 4 heteroatoms. The van der Waals surface area contributed by atoms with Crippen molar-refractivity contribution in [2.24, 2.45) is 0 Å². The van der Waals surface area contributed by atoms with Crippen LogP contribution in [0, 0.1) is 0 Å². The number of carbonyl (C=O) groups excluding carboxylic acids is 1. The van der Waals surface area contributed by atoms with E-state index in [1.165, 1.54) is 0 Å². The zero-order chi connectivity index (χ0) is 17.2. The fraction of sp³-hybridized carbons (Fsp3) is 0.350. The Hall–Kier alpha value is -2.49. The number of amides is 1. The molecule has 0 aliphatic carbocycles. The predicted molar refractivity (Wildman–Crippen MR) is 97.0 cm³/mol. The highest BCUT2D eigenvalue weighted by Gasteiger charge is 2.12. The first-order chi connectivity index (χ1) is 11.7. The second kappa shape index (κ2) is 9.60. The lowest BCUT2D eigenvalue weighted by molar-refractivity contribution is 0.102. The Morgan fingerprint density at radius 2 is 1.79 bits per heavy atom. The topological polar surface area (TPSA) is 47.6 Å². The van der Waals surface area contributed by atoms with Crippen molar-refractivity contribution in [3.05, 3.63) is 54.1 Å². The number of benzene rings is 2. The molecular weight excluding hydrogens is 302 g/mol. The van der Waals surface area contributed by atoms with E-state index in [0.717, 1.165) is 25.0 Å². The molecule has 2 aromatic carbocycles. The molecule has 2 aromatic rings. The van der Waals surface area contributed by atoms with Gasteiger partial charge in [-0.2, -0.15) is 0 Å². The molecule has 0 unspecified atom stereocenters. The van der Waals surface area contributed by atoms with E-state index < -0.39 is 0 Å². The predicted octanol–water partition coefficient (Wildman–Crippen LogP) is 4.91. The third-order valence-electron chi connectivity index (χ3n) is 3.45. The van der Waals surface area contributed by atoms with Gasteiger partial charge in [-0.05, 0) is 37.1 Å². The van der Waals surface area contributed by atoms with E-state index in [9.17, 15) is 4.79 Å². The maximum absolute atomic E-state index is 12.6. The van der Waals surface area contributed by atoms with Crippen LogP contribution in [-0.4, -0.2) is 19.1 Å². The molecule has 0 radical (unpaired) electrons. The minimum Gasteiger partial charge on any atom is -0.494 e. The summed E-state index contributed by atoms with van der Waals surface area (Å²) in [5.41, 5.74) is 1.24. The molecule has 4 nitrogen and oxygen atoms in total. The largest absolute Gasteiger partial charge is 0.494 e. The molecule has 24 heavy (non-hydrogen) atoms. The number of anilines is 1. The van der Waals surface area contributed by atoms with Crippen LogP contribution in [0.25, 0.3) is 0 Å². The van der Waals surface area contributed by atoms with Gasteiger partial charge in [-0.3, -0.25) is 4.79 Å². The number of unbranched alkanes of at least 4 members (excludes halogenated alkanes) is 1. The summed E-state index contributed by atoms with van der Waals surface area (Å²) in [5, 5.41) is 2.91. The van der Waals surface area contributed by atoms with E-state index in [4.69, 9.17) is 9.47 Å². The number of para-hydroxylation sites is 1. The highest BCUT2D eigenvalue weighted by molar-refractivity contribution is 6.06. The monoisotopic (exact) mass is 327 g/mol. The number of ether oxygens (including phenoxy) is 2. The summed E-state index contributed by atoms with van der Waals surface area (Å²) in [5.74, 6) is 1.18. The molecule has 0 spiro atoms. The van der Waals surface area contributed by atoms with E-state index in [-0.39, 0.29) is 5.91 Å². The zero-order valence-corrected chi connectivity index (χ0v) is 14.4. The van der Waals surface area contributed by atoms with E-state index in [1.807, 2.05) is 42.5 Å². The first-order valence-electron chi connectivity index (χ1n) is 8.50. The summed E-state index contributed by atoms with van der Waals surface area (Å²) in [6.07, 6.45) is 2.96. The van der Waals surface area contributed by atoms with Crippen LogP contribution in [0.2, 0.25) is 0 Å². The molecule has 128 valence electrons. The number of carbonyl (C=O) groups is 1. The quantitative estimate of drug-likeness (QED) is 0.666. The van der Waals surface area contributed by atoms with Crippen molar-refractivity contribution in [1.82, 2.24) is 0 Å². The molecule has 0 aliphatic heterocycles. The number of rotatable bonds is 9. The van der Waals surface area contributed by atoms with Gasteiger partial charge < -0.3 is 14.8 Å². The molecule has 0 aliphatic rings. The van der Waals surface area contributed by atoms with Gasteiger partial charge in [-0.1, -0.05) is 38.5 Å². The average Bonchev–Trinajstić information content (AvgIpc) is 2.61. The molecular formula is C20H25NO3. The van der Waals surface area contributed by atoms with E-state index >= 15 is 0 Å². The molecule has 1 N–H and O–H groups in total. The Balaban J connectivity index is 2.07. The Morgan fingerprint density at radius 3 is 2.58 bits per heavy atom. The van der Waals surface area contributed by atoms with Crippen LogP contribution in [0.15, 0.2) is 48.5 Å². The van der Waals surface area contributed by atoms with Crippen LogP contribution >= 0.6 is 0 Å². The van der Waals surface area contributed by atoms with Gasteiger partial charge in [0.2, 0.25) is 0 Å². The fourth-order valence-corrected chi connectivity index (χ4v) is 2.19. The lowest BCUT2D eigenvalue weighted by Crippen LogP contribution is -2.14. The molecule has 0 fully saturated rings. The third kappa shape index (κ3) is 5.30. The maximum atomic E-state index is 12.6. The summed E-state index contributed by atoms with van der Waals surface area (Å²) in [4.78, 5) is 12.6. The number of nitrogens with one attached hydrogen (secondary N) is 1. The molecule has 0 aromatic heterocycles. The normalized spacial score (nSPS) is 10.2. The summed E-state index contributed by atoms with van der Waals surface area (Å²) < 4.78 is 11.3. The van der Waals surface area contributed by atoms with Gasteiger partial charge in [0.05, 0.1) is 18.8 Å². The fourth-order valence-electron chi connectivity index (χ4n) is 2.19. The van der Waals surface area contributed by atoms with Gasteiger partial charge in [-0.15, -0.1) is 0 Å². The van der Waals surface area contributed by atoms with Gasteiger partial charge in [0.1, 0.15) is 11.5 Å². The maximum Gasteiger partial charge on any atom is 0.259 e. The summed E-state index contributed by atoms with van der Waals surface area (Å²) in [7, 11) is 0. The smallest absolute Gasteiger partial charge is 0.259 e.